The molecule has 1 aliphatic heterocycles. The van der Waals surface area contributed by atoms with Gasteiger partial charge in [0.2, 0.25) is 0 Å². The van der Waals surface area contributed by atoms with Gasteiger partial charge in [0.25, 0.3) is 5.91 Å². The number of halogens is 3. The Morgan fingerprint density at radius 2 is 1.70 bits per heavy atom. The van der Waals surface area contributed by atoms with Gasteiger partial charge in [0.05, 0.1) is 12.0 Å². The zero-order valence-corrected chi connectivity index (χ0v) is 22.8. The summed E-state index contributed by atoms with van der Waals surface area (Å²) in [4.78, 5) is 13.2. The van der Waals surface area contributed by atoms with Crippen molar-refractivity contribution >= 4 is 74.6 Å². The molecule has 2 N–H and O–H groups in total. The molecular formula is C25H21FI2N2O2S. The summed E-state index contributed by atoms with van der Waals surface area (Å²) < 4.78 is 21.0. The fourth-order valence-corrected chi connectivity index (χ4v) is 6.35. The van der Waals surface area contributed by atoms with Crippen LogP contribution in [-0.4, -0.2) is 11.4 Å². The van der Waals surface area contributed by atoms with Crippen LogP contribution in [0.25, 0.3) is 6.08 Å². The highest BCUT2D eigenvalue weighted by atomic mass is 127. The van der Waals surface area contributed by atoms with Crippen molar-refractivity contribution in [2.75, 3.05) is 5.32 Å². The third-order valence-corrected chi connectivity index (χ3v) is 7.64. The molecule has 1 amide bonds. The largest absolute Gasteiger partial charge is 0.487 e. The van der Waals surface area contributed by atoms with Gasteiger partial charge in [-0.2, -0.15) is 0 Å². The van der Waals surface area contributed by atoms with Gasteiger partial charge in [-0.15, -0.1) is 0 Å². The van der Waals surface area contributed by atoms with Crippen molar-refractivity contribution in [3.63, 3.8) is 0 Å². The Morgan fingerprint density at radius 3 is 2.33 bits per heavy atom. The summed E-state index contributed by atoms with van der Waals surface area (Å²) >= 11 is 5.94. The van der Waals surface area contributed by atoms with Crippen molar-refractivity contribution in [2.24, 2.45) is 0 Å². The highest BCUT2D eigenvalue weighted by molar-refractivity contribution is 14.1. The van der Waals surface area contributed by atoms with Gasteiger partial charge in [0.15, 0.2) is 5.50 Å². The highest BCUT2D eigenvalue weighted by Gasteiger charge is 2.27. The van der Waals surface area contributed by atoms with Crippen LogP contribution in [-0.2, 0) is 17.8 Å². The first-order chi connectivity index (χ1) is 15.9. The molecule has 1 heterocycles. The minimum Gasteiger partial charge on any atom is -0.487 e. The van der Waals surface area contributed by atoms with Crippen molar-refractivity contribution in [2.45, 2.75) is 25.4 Å². The lowest BCUT2D eigenvalue weighted by atomic mass is 10.1. The Morgan fingerprint density at radius 1 is 1.06 bits per heavy atom. The van der Waals surface area contributed by atoms with Gasteiger partial charge in [-0.25, -0.2) is 4.39 Å². The number of benzene rings is 3. The maximum atomic E-state index is 13.1. The summed E-state index contributed by atoms with van der Waals surface area (Å²) in [6, 6.07) is 18.5. The van der Waals surface area contributed by atoms with Gasteiger partial charge in [-0.1, -0.05) is 43.0 Å². The Labute approximate surface area is 224 Å². The van der Waals surface area contributed by atoms with Gasteiger partial charge < -0.3 is 15.4 Å². The smallest absolute Gasteiger partial charge is 0.260 e. The maximum Gasteiger partial charge on any atom is 0.260 e. The molecule has 0 spiro atoms. The monoisotopic (exact) mass is 686 g/mol. The first-order valence-electron chi connectivity index (χ1n) is 10.3. The Bertz CT molecular complexity index is 1160. The normalized spacial score (nSPS) is 16.7. The lowest BCUT2D eigenvalue weighted by Crippen LogP contribution is -2.30. The van der Waals surface area contributed by atoms with Crippen LogP contribution in [0.2, 0.25) is 0 Å². The first-order valence-corrected chi connectivity index (χ1v) is 13.4. The van der Waals surface area contributed by atoms with Crippen LogP contribution in [0, 0.1) is 13.0 Å². The fraction of sp³-hybridized carbons (Fsp3) is 0.160. The van der Waals surface area contributed by atoms with Crippen molar-refractivity contribution in [1.29, 1.82) is 0 Å². The number of rotatable bonds is 7. The molecule has 4 rings (SSSR count). The van der Waals surface area contributed by atoms with Crippen LogP contribution in [0.5, 0.6) is 5.75 Å². The second-order valence-electron chi connectivity index (χ2n) is 7.40. The molecule has 0 aliphatic carbocycles. The van der Waals surface area contributed by atoms with Crippen molar-refractivity contribution < 1.29 is 13.9 Å². The zero-order valence-electron chi connectivity index (χ0n) is 17.7. The fourth-order valence-electron chi connectivity index (χ4n) is 3.24. The molecule has 3 aromatic carbocycles. The van der Waals surface area contributed by atoms with E-state index in [0.29, 0.717) is 11.5 Å². The average Bonchev–Trinajstić information content (AvgIpc) is 3.13. The van der Waals surface area contributed by atoms with Gasteiger partial charge in [-0.3, -0.25) is 4.79 Å². The number of ether oxygens (including phenoxy) is 1. The molecule has 1 saturated heterocycles. The molecule has 8 heteroatoms. The second-order valence-corrected chi connectivity index (χ2v) is 10.9. The number of carbonyl (C=O) groups is 1. The van der Waals surface area contributed by atoms with E-state index < -0.39 is 0 Å². The molecule has 0 radical (unpaired) electrons. The highest BCUT2D eigenvalue weighted by Crippen LogP contribution is 2.34. The van der Waals surface area contributed by atoms with Crippen molar-refractivity contribution in [1.82, 2.24) is 5.32 Å². The van der Waals surface area contributed by atoms with Crippen molar-refractivity contribution in [3.05, 3.63) is 95.2 Å². The van der Waals surface area contributed by atoms with Crippen LogP contribution in [0.15, 0.2) is 65.6 Å². The van der Waals surface area contributed by atoms with E-state index in [-0.39, 0.29) is 17.2 Å². The van der Waals surface area contributed by atoms with Gasteiger partial charge in [0.1, 0.15) is 18.2 Å². The van der Waals surface area contributed by atoms with E-state index in [1.165, 1.54) is 29.5 Å². The molecule has 0 aromatic heterocycles. The minimum atomic E-state index is -0.263. The predicted octanol–water partition coefficient (Wildman–Crippen LogP) is 6.78. The van der Waals surface area contributed by atoms with Gasteiger partial charge in [0, 0.05) is 5.69 Å². The molecule has 0 saturated carbocycles. The zero-order chi connectivity index (χ0) is 23.4. The summed E-state index contributed by atoms with van der Waals surface area (Å²) in [6.45, 7) is 2.48. The number of hydrogen-bond acceptors (Lipinski definition) is 4. The summed E-state index contributed by atoms with van der Waals surface area (Å²) in [5.74, 6) is 0.423. The summed E-state index contributed by atoms with van der Waals surface area (Å²) in [5.41, 5.74) is 3.86. The van der Waals surface area contributed by atoms with Crippen LogP contribution in [0.3, 0.4) is 0 Å². The number of thioether (sulfide) groups is 1. The van der Waals surface area contributed by atoms with Gasteiger partial charge >= 0.3 is 0 Å². The third-order valence-electron chi connectivity index (χ3n) is 5.01. The predicted molar refractivity (Wildman–Crippen MR) is 150 cm³/mol. The summed E-state index contributed by atoms with van der Waals surface area (Å²) in [6.07, 6.45) is 2.89. The Hall–Kier alpha value is -1.79. The lowest BCUT2D eigenvalue weighted by Gasteiger charge is -2.13. The number of hydrogen-bond donors (Lipinski definition) is 2. The lowest BCUT2D eigenvalue weighted by molar-refractivity contribution is -0.116. The average molecular weight is 686 g/mol. The standard InChI is InChI=1S/C25H21FI2N2O2S/c1-2-15-5-9-19(10-6-15)29-25-30-24(31)22(33-25)13-17-11-20(27)23(21(28)12-17)32-14-16-3-7-18(26)8-4-16/h3-13,25,29H,2,14H2,1H3,(H,30,31)/b22-13-/t25-/m0/s1. The SMILES string of the molecule is CCc1ccc(N[C@H]2NC(=O)/C(=C/c3cc(I)c(OCc4ccc(F)cc4)c(I)c3)S2)cc1. The minimum absolute atomic E-state index is 0.0932. The van der Waals surface area contributed by atoms with Gasteiger partial charge in [-0.05, 0) is 111 Å². The second kappa shape index (κ2) is 11.1. The molecule has 1 aliphatic rings. The van der Waals surface area contributed by atoms with E-state index in [1.807, 2.05) is 30.3 Å². The molecule has 170 valence electrons. The van der Waals surface area contributed by atoms with E-state index >= 15 is 0 Å². The molecule has 3 aromatic rings. The van der Waals surface area contributed by atoms with Crippen LogP contribution in [0.1, 0.15) is 23.6 Å². The maximum absolute atomic E-state index is 13.1. The quantitative estimate of drug-likeness (QED) is 0.213. The first kappa shape index (κ1) is 24.3. The molecule has 1 atom stereocenters. The molecule has 4 nitrogen and oxygen atoms in total. The Balaban J connectivity index is 1.43. The number of nitrogens with one attached hydrogen (secondary N) is 2. The number of anilines is 1. The number of amides is 1. The van der Waals surface area contributed by atoms with E-state index in [2.05, 4.69) is 74.9 Å². The van der Waals surface area contributed by atoms with E-state index in [0.717, 1.165) is 36.1 Å². The number of carbonyl (C=O) groups excluding carboxylic acids is 1. The van der Waals surface area contributed by atoms with Crippen LogP contribution >= 0.6 is 56.9 Å². The summed E-state index contributed by atoms with van der Waals surface area (Å²) in [5, 5.41) is 6.32. The van der Waals surface area contributed by atoms with Crippen LogP contribution < -0.4 is 15.4 Å². The molecular weight excluding hydrogens is 665 g/mol. The molecule has 0 bridgehead atoms. The summed E-state index contributed by atoms with van der Waals surface area (Å²) in [7, 11) is 0. The molecule has 33 heavy (non-hydrogen) atoms. The van der Waals surface area contributed by atoms with Crippen molar-refractivity contribution in [3.8, 4) is 5.75 Å². The topological polar surface area (TPSA) is 50.4 Å². The van der Waals surface area contributed by atoms with E-state index in [9.17, 15) is 9.18 Å². The third kappa shape index (κ3) is 6.42. The Kier molecular flexibility index (Phi) is 8.18. The van der Waals surface area contributed by atoms with E-state index in [4.69, 9.17) is 4.74 Å². The van der Waals surface area contributed by atoms with E-state index in [1.54, 1.807) is 12.1 Å². The van der Waals surface area contributed by atoms with Crippen LogP contribution in [0.4, 0.5) is 10.1 Å². The number of aryl methyl sites for hydroxylation is 1. The molecule has 0 unspecified atom stereocenters. The molecule has 1 fully saturated rings.